The van der Waals surface area contributed by atoms with Crippen molar-refractivity contribution in [2.75, 3.05) is 24.3 Å². The molecule has 0 saturated heterocycles. The Morgan fingerprint density at radius 2 is 1.64 bits per heavy atom. The topological polar surface area (TPSA) is 185 Å². The second kappa shape index (κ2) is 13.8. The first kappa shape index (κ1) is 32.9. The van der Waals surface area contributed by atoms with Gasteiger partial charge in [-0.05, 0) is 61.2 Å². The van der Waals surface area contributed by atoms with Gasteiger partial charge in [-0.3, -0.25) is 14.4 Å². The molecule has 0 unspecified atom stereocenters. The number of Topliss-reactive ketones (excluding diaryl/α,β-unsaturated/α-hetero) is 1. The number of rotatable bonds is 14. The number of carbonyl (C=O) groups excluding carboxylic acids is 3. The zero-order chi connectivity index (χ0) is 32.8. The Morgan fingerprint density at radius 1 is 1.00 bits per heavy atom. The summed E-state index contributed by atoms with van der Waals surface area (Å²) in [6.45, 7) is -1.63. The number of alkyl halides is 3. The molecule has 2 aromatic carbocycles. The van der Waals surface area contributed by atoms with E-state index in [1.807, 2.05) is 12.1 Å². The second-order valence-corrected chi connectivity index (χ2v) is 10.4. The molecule has 238 valence electrons. The number of anilines is 3. The Morgan fingerprint density at radius 3 is 2.22 bits per heavy atom. The summed E-state index contributed by atoms with van der Waals surface area (Å²) < 4.78 is 43.3. The lowest BCUT2D eigenvalue weighted by Gasteiger charge is -2.19. The molecular weight excluding hydrogens is 623 g/mol. The summed E-state index contributed by atoms with van der Waals surface area (Å²) in [5.74, 6) is -4.04. The smallest absolute Gasteiger partial charge is 0.422 e. The quantitative estimate of drug-likeness (QED) is 0.161. The van der Waals surface area contributed by atoms with Crippen molar-refractivity contribution >= 4 is 52.8 Å². The van der Waals surface area contributed by atoms with Gasteiger partial charge in [0, 0.05) is 29.7 Å². The average Bonchev–Trinajstić information content (AvgIpc) is 3.77. The molecule has 5 N–H and O–H groups in total. The van der Waals surface area contributed by atoms with E-state index in [1.165, 1.54) is 31.3 Å². The minimum absolute atomic E-state index is 0.0391. The van der Waals surface area contributed by atoms with E-state index < -0.39 is 60.4 Å². The summed E-state index contributed by atoms with van der Waals surface area (Å²) in [5.41, 5.74) is 0.727. The Kier molecular flexibility index (Phi) is 10.1. The van der Waals surface area contributed by atoms with Gasteiger partial charge in [0.1, 0.15) is 6.04 Å². The molecule has 1 heterocycles. The van der Waals surface area contributed by atoms with Gasteiger partial charge in [0.05, 0.1) is 5.54 Å². The highest BCUT2D eigenvalue weighted by Gasteiger charge is 2.45. The maximum Gasteiger partial charge on any atom is 0.422 e. The number of carbonyl (C=O) groups is 4. The molecule has 1 fully saturated rings. The number of ketones is 1. The van der Waals surface area contributed by atoms with Crippen molar-refractivity contribution in [3.8, 4) is 6.01 Å². The molecule has 0 spiro atoms. The fourth-order valence-corrected chi connectivity index (χ4v) is 4.26. The van der Waals surface area contributed by atoms with E-state index in [4.69, 9.17) is 16.3 Å². The van der Waals surface area contributed by atoms with Gasteiger partial charge in [-0.1, -0.05) is 23.7 Å². The van der Waals surface area contributed by atoms with E-state index >= 15 is 0 Å². The summed E-state index contributed by atoms with van der Waals surface area (Å²) in [7, 11) is 1.26. The van der Waals surface area contributed by atoms with Crippen LogP contribution in [0.4, 0.5) is 30.8 Å². The number of benzene rings is 2. The number of hydrogen-bond acceptors (Lipinski definition) is 10. The standard InChI is InChI=1S/C28H27ClF3N7O6/c1-33-22(42)20(40)11-10-19(23(43)44)35-21(41)15-2-8-18(9-3-15)34-24-36-25(38-26(37-24)45-14-28(30,31)32)39-27(12-13-27)16-4-6-17(29)7-5-16/h2-9,19H,10-14H2,1H3,(H,33,42)(H,35,41)(H,43,44)(H2,34,36,37,38,39)/t19-/m1/s1. The van der Waals surface area contributed by atoms with Gasteiger partial charge in [-0.15, -0.1) is 0 Å². The highest BCUT2D eigenvalue weighted by atomic mass is 35.5. The first-order chi connectivity index (χ1) is 21.3. The number of halogens is 4. The van der Waals surface area contributed by atoms with Crippen LogP contribution in [0.15, 0.2) is 48.5 Å². The number of hydrogen-bond donors (Lipinski definition) is 5. The van der Waals surface area contributed by atoms with Crippen molar-refractivity contribution in [2.24, 2.45) is 0 Å². The van der Waals surface area contributed by atoms with Crippen molar-refractivity contribution in [3.63, 3.8) is 0 Å². The number of aliphatic carboxylic acids is 1. The second-order valence-electron chi connectivity index (χ2n) is 9.99. The fourth-order valence-electron chi connectivity index (χ4n) is 4.13. The number of nitrogens with one attached hydrogen (secondary N) is 4. The van der Waals surface area contributed by atoms with Crippen LogP contribution in [-0.4, -0.2) is 69.5 Å². The lowest BCUT2D eigenvalue weighted by atomic mass is 10.1. The molecule has 2 amide bonds. The number of nitrogens with zero attached hydrogens (tertiary/aromatic N) is 3. The lowest BCUT2D eigenvalue weighted by molar-refractivity contribution is -0.154. The minimum atomic E-state index is -4.63. The van der Waals surface area contributed by atoms with Crippen molar-refractivity contribution in [2.45, 2.75) is 43.4 Å². The number of aromatic nitrogens is 3. The molecule has 13 nitrogen and oxygen atoms in total. The van der Waals surface area contributed by atoms with E-state index in [1.54, 1.807) is 12.1 Å². The molecule has 0 radical (unpaired) electrons. The van der Waals surface area contributed by atoms with Crippen LogP contribution in [0.2, 0.25) is 5.02 Å². The van der Waals surface area contributed by atoms with Crippen molar-refractivity contribution in [3.05, 3.63) is 64.7 Å². The molecule has 1 aromatic heterocycles. The third-order valence-electron chi connectivity index (χ3n) is 6.62. The lowest BCUT2D eigenvalue weighted by Crippen LogP contribution is -2.41. The molecule has 3 aromatic rings. The summed E-state index contributed by atoms with van der Waals surface area (Å²) in [5, 5.41) is 20.4. The summed E-state index contributed by atoms with van der Waals surface area (Å²) >= 11 is 5.99. The number of amides is 2. The Balaban J connectivity index is 1.47. The van der Waals surface area contributed by atoms with Crippen LogP contribution in [-0.2, 0) is 19.9 Å². The van der Waals surface area contributed by atoms with Gasteiger partial charge in [0.2, 0.25) is 17.7 Å². The number of carboxylic acid groups (broad SMARTS) is 1. The van der Waals surface area contributed by atoms with Gasteiger partial charge in [-0.2, -0.15) is 28.1 Å². The third kappa shape index (κ3) is 9.25. The molecule has 17 heteroatoms. The largest absolute Gasteiger partial charge is 0.480 e. The zero-order valence-electron chi connectivity index (χ0n) is 23.6. The van der Waals surface area contributed by atoms with Gasteiger partial charge in [0.25, 0.3) is 11.8 Å². The summed E-state index contributed by atoms with van der Waals surface area (Å²) in [6, 6.07) is 10.7. The third-order valence-corrected chi connectivity index (χ3v) is 6.88. The minimum Gasteiger partial charge on any atom is -0.480 e. The first-order valence-electron chi connectivity index (χ1n) is 13.4. The average molecular weight is 650 g/mol. The predicted molar refractivity (Wildman–Crippen MR) is 154 cm³/mol. The van der Waals surface area contributed by atoms with E-state index in [2.05, 4.69) is 36.2 Å². The SMILES string of the molecule is CNC(=O)C(=O)CC[C@@H](NC(=O)c1ccc(Nc2nc(NC3(c4ccc(Cl)cc4)CC3)nc(OCC(F)(F)F)n2)cc1)C(=O)O. The van der Waals surface area contributed by atoms with Crippen LogP contribution in [0.1, 0.15) is 41.6 Å². The van der Waals surface area contributed by atoms with Crippen LogP contribution < -0.4 is 26.0 Å². The van der Waals surface area contributed by atoms with E-state index in [-0.39, 0.29) is 23.9 Å². The fraction of sp³-hybridized carbons (Fsp3) is 0.321. The molecule has 0 bridgehead atoms. The van der Waals surface area contributed by atoms with Crippen LogP contribution in [0, 0.1) is 0 Å². The molecular formula is C28H27ClF3N7O6. The maximum atomic E-state index is 12.8. The van der Waals surface area contributed by atoms with Gasteiger partial charge in [-0.25, -0.2) is 4.79 Å². The Hall–Kier alpha value is -4.99. The normalized spacial score (nSPS) is 14.1. The maximum absolute atomic E-state index is 12.8. The van der Waals surface area contributed by atoms with Crippen LogP contribution in [0.25, 0.3) is 0 Å². The number of likely N-dealkylation sites (N-methyl/N-ethyl adjacent to an activating group) is 1. The summed E-state index contributed by atoms with van der Waals surface area (Å²) in [4.78, 5) is 59.5. The van der Waals surface area contributed by atoms with Crippen LogP contribution in [0.3, 0.4) is 0 Å². The summed E-state index contributed by atoms with van der Waals surface area (Å²) in [6.07, 6.45) is -3.92. The van der Waals surface area contributed by atoms with Crippen molar-refractivity contribution in [1.29, 1.82) is 0 Å². The Bertz CT molecular complexity index is 1570. The first-order valence-corrected chi connectivity index (χ1v) is 13.8. The van der Waals surface area contributed by atoms with Crippen LogP contribution >= 0.6 is 11.6 Å². The molecule has 1 aliphatic carbocycles. The molecule has 4 rings (SSSR count). The zero-order valence-corrected chi connectivity index (χ0v) is 24.3. The monoisotopic (exact) mass is 649 g/mol. The van der Waals surface area contributed by atoms with E-state index in [0.29, 0.717) is 23.6 Å². The van der Waals surface area contributed by atoms with Crippen molar-refractivity contribution < 1.29 is 42.2 Å². The number of carboxylic acids is 1. The van der Waals surface area contributed by atoms with Gasteiger partial charge in [0.15, 0.2) is 6.61 Å². The molecule has 1 saturated carbocycles. The predicted octanol–water partition coefficient (Wildman–Crippen LogP) is 3.59. The van der Waals surface area contributed by atoms with Crippen molar-refractivity contribution in [1.82, 2.24) is 25.6 Å². The van der Waals surface area contributed by atoms with E-state index in [0.717, 1.165) is 5.56 Å². The number of ether oxygens (including phenoxy) is 1. The van der Waals surface area contributed by atoms with Gasteiger partial charge >= 0.3 is 18.2 Å². The molecule has 1 aliphatic rings. The van der Waals surface area contributed by atoms with E-state index in [9.17, 15) is 37.5 Å². The molecule has 0 aliphatic heterocycles. The highest BCUT2D eigenvalue weighted by molar-refractivity contribution is 6.36. The Labute approximate surface area is 258 Å². The highest BCUT2D eigenvalue weighted by Crippen LogP contribution is 2.48. The molecule has 45 heavy (non-hydrogen) atoms. The van der Waals surface area contributed by atoms with Gasteiger partial charge < -0.3 is 31.1 Å². The van der Waals surface area contributed by atoms with Crippen LogP contribution in [0.5, 0.6) is 6.01 Å². The molecule has 1 atom stereocenters.